The molecule has 0 N–H and O–H groups in total. The highest BCUT2D eigenvalue weighted by Crippen LogP contribution is 2.36. The highest BCUT2D eigenvalue weighted by molar-refractivity contribution is 5.63. The molecular formula is C18H18N6O3. The highest BCUT2D eigenvalue weighted by Gasteiger charge is 2.28. The molecule has 0 aliphatic carbocycles. The predicted octanol–water partition coefficient (Wildman–Crippen LogP) is 3.37. The van der Waals surface area contributed by atoms with Gasteiger partial charge in [0, 0.05) is 13.1 Å². The Balaban J connectivity index is 2.40. The van der Waals surface area contributed by atoms with Gasteiger partial charge in [-0.1, -0.05) is 19.1 Å². The van der Waals surface area contributed by atoms with Crippen LogP contribution < -0.4 is 9.64 Å². The lowest BCUT2D eigenvalue weighted by Crippen LogP contribution is -2.27. The Hall–Kier alpha value is -3.72. The van der Waals surface area contributed by atoms with Crippen LogP contribution in [-0.4, -0.2) is 28.0 Å². The van der Waals surface area contributed by atoms with Crippen molar-refractivity contribution in [3.63, 3.8) is 0 Å². The second-order valence-corrected chi connectivity index (χ2v) is 5.51. The third kappa shape index (κ3) is 5.13. The number of nitro groups is 1. The standard InChI is InChI=1S/C18H18N6O3/c1-2-14-5-7-15(8-6-14)27-18-16(24(25)26)17(21-13-22-18)23(11-3-9-19)12-4-10-20/h5-8,13H,2-4,11-12H2,1H3. The molecule has 138 valence electrons. The molecule has 0 spiro atoms. The predicted molar refractivity (Wildman–Crippen MR) is 97.3 cm³/mol. The number of aromatic nitrogens is 2. The summed E-state index contributed by atoms with van der Waals surface area (Å²) in [4.78, 5) is 20.5. The number of nitrogens with zero attached hydrogens (tertiary/aromatic N) is 6. The average Bonchev–Trinajstić information content (AvgIpc) is 2.68. The van der Waals surface area contributed by atoms with Gasteiger partial charge in [0.05, 0.1) is 29.9 Å². The van der Waals surface area contributed by atoms with E-state index in [-0.39, 0.29) is 37.6 Å². The van der Waals surface area contributed by atoms with Gasteiger partial charge in [0.25, 0.3) is 0 Å². The molecule has 27 heavy (non-hydrogen) atoms. The van der Waals surface area contributed by atoms with Crippen molar-refractivity contribution in [3.8, 4) is 23.8 Å². The molecule has 0 atom stereocenters. The molecule has 1 heterocycles. The summed E-state index contributed by atoms with van der Waals surface area (Å²) in [6.07, 6.45) is 2.32. The van der Waals surface area contributed by atoms with E-state index in [0.29, 0.717) is 5.75 Å². The lowest BCUT2D eigenvalue weighted by atomic mass is 10.2. The second kappa shape index (κ2) is 9.68. The van der Waals surface area contributed by atoms with Crippen molar-refractivity contribution in [2.45, 2.75) is 26.2 Å². The molecule has 9 nitrogen and oxygen atoms in total. The van der Waals surface area contributed by atoms with Gasteiger partial charge >= 0.3 is 11.6 Å². The van der Waals surface area contributed by atoms with Crippen molar-refractivity contribution < 1.29 is 9.66 Å². The maximum absolute atomic E-state index is 11.7. The van der Waals surface area contributed by atoms with Gasteiger partial charge in [0.15, 0.2) is 0 Å². The molecule has 2 rings (SSSR count). The van der Waals surface area contributed by atoms with Crippen LogP contribution in [0.4, 0.5) is 11.5 Å². The first-order valence-electron chi connectivity index (χ1n) is 8.35. The number of ether oxygens (including phenoxy) is 1. The molecule has 2 aromatic rings. The van der Waals surface area contributed by atoms with E-state index >= 15 is 0 Å². The Kier molecular flexibility index (Phi) is 7.03. The smallest absolute Gasteiger partial charge is 0.373 e. The summed E-state index contributed by atoms with van der Waals surface area (Å²) < 4.78 is 5.62. The van der Waals surface area contributed by atoms with Crippen LogP contribution in [0.1, 0.15) is 25.3 Å². The van der Waals surface area contributed by atoms with Crippen LogP contribution in [-0.2, 0) is 6.42 Å². The van der Waals surface area contributed by atoms with Gasteiger partial charge in [-0.15, -0.1) is 0 Å². The summed E-state index contributed by atoms with van der Waals surface area (Å²) in [6.45, 7) is 2.44. The number of anilines is 1. The van der Waals surface area contributed by atoms with Crippen LogP contribution in [0.15, 0.2) is 30.6 Å². The molecule has 0 aliphatic rings. The van der Waals surface area contributed by atoms with Crippen LogP contribution in [0, 0.1) is 32.8 Å². The zero-order valence-electron chi connectivity index (χ0n) is 14.8. The number of aryl methyl sites for hydroxylation is 1. The molecule has 9 heteroatoms. The summed E-state index contributed by atoms with van der Waals surface area (Å²) >= 11 is 0. The van der Waals surface area contributed by atoms with Gasteiger partial charge in [0.2, 0.25) is 5.82 Å². The Morgan fingerprint density at radius 3 is 2.30 bits per heavy atom. The number of rotatable bonds is 9. The molecule has 0 fully saturated rings. The summed E-state index contributed by atoms with van der Waals surface area (Å²) in [7, 11) is 0. The highest BCUT2D eigenvalue weighted by atomic mass is 16.6. The molecule has 0 aliphatic heterocycles. The van der Waals surface area contributed by atoms with E-state index in [4.69, 9.17) is 15.3 Å². The monoisotopic (exact) mass is 366 g/mol. The minimum absolute atomic E-state index is 0.0284. The van der Waals surface area contributed by atoms with Gasteiger partial charge < -0.3 is 9.64 Å². The van der Waals surface area contributed by atoms with E-state index < -0.39 is 10.6 Å². The van der Waals surface area contributed by atoms with Crippen LogP contribution in [0.5, 0.6) is 11.6 Å². The van der Waals surface area contributed by atoms with E-state index in [2.05, 4.69) is 9.97 Å². The zero-order chi connectivity index (χ0) is 19.6. The van der Waals surface area contributed by atoms with E-state index in [0.717, 1.165) is 12.0 Å². The largest absolute Gasteiger partial charge is 0.434 e. The Morgan fingerprint density at radius 1 is 1.15 bits per heavy atom. The fourth-order valence-electron chi connectivity index (χ4n) is 2.42. The summed E-state index contributed by atoms with van der Waals surface area (Å²) in [5.41, 5.74) is 0.715. The topological polar surface area (TPSA) is 129 Å². The summed E-state index contributed by atoms with van der Waals surface area (Å²) in [5.74, 6) is 0.259. The quantitative estimate of drug-likeness (QED) is 0.488. The Bertz CT molecular complexity index is 852. The first-order valence-corrected chi connectivity index (χ1v) is 8.35. The third-order valence-corrected chi connectivity index (χ3v) is 3.78. The molecule has 1 aromatic heterocycles. The number of nitriles is 2. The number of hydrogen-bond acceptors (Lipinski definition) is 8. The van der Waals surface area contributed by atoms with Crippen LogP contribution >= 0.6 is 0 Å². The third-order valence-electron chi connectivity index (χ3n) is 3.78. The molecule has 1 aromatic carbocycles. The van der Waals surface area contributed by atoms with Crippen molar-refractivity contribution in [2.24, 2.45) is 0 Å². The van der Waals surface area contributed by atoms with E-state index in [1.807, 2.05) is 31.2 Å². The van der Waals surface area contributed by atoms with Gasteiger partial charge in [0.1, 0.15) is 12.1 Å². The first kappa shape index (κ1) is 19.6. The molecule has 0 radical (unpaired) electrons. The molecular weight excluding hydrogens is 348 g/mol. The SMILES string of the molecule is CCc1ccc(Oc2ncnc(N(CCC#N)CCC#N)c2[N+](=O)[O-])cc1. The minimum Gasteiger partial charge on any atom is -0.434 e. The molecule has 0 saturated carbocycles. The summed E-state index contributed by atoms with van der Waals surface area (Å²) in [6, 6.07) is 11.2. The van der Waals surface area contributed by atoms with Crippen molar-refractivity contribution >= 4 is 11.5 Å². The van der Waals surface area contributed by atoms with E-state index in [9.17, 15) is 10.1 Å². The minimum atomic E-state index is -0.614. The molecule has 0 saturated heterocycles. The molecule has 0 unspecified atom stereocenters. The van der Waals surface area contributed by atoms with Crippen molar-refractivity contribution in [2.75, 3.05) is 18.0 Å². The molecule has 0 amide bonds. The summed E-state index contributed by atoms with van der Waals surface area (Å²) in [5, 5.41) is 29.3. The van der Waals surface area contributed by atoms with E-state index in [1.165, 1.54) is 11.2 Å². The van der Waals surface area contributed by atoms with E-state index in [1.54, 1.807) is 12.1 Å². The average molecular weight is 366 g/mol. The van der Waals surface area contributed by atoms with Gasteiger partial charge in [-0.3, -0.25) is 10.1 Å². The fraction of sp³-hybridized carbons (Fsp3) is 0.333. The molecule has 0 bridgehead atoms. The lowest BCUT2D eigenvalue weighted by Gasteiger charge is -2.21. The number of hydrogen-bond donors (Lipinski definition) is 0. The van der Waals surface area contributed by atoms with Gasteiger partial charge in [-0.05, 0) is 24.1 Å². The maximum Gasteiger partial charge on any atom is 0.373 e. The van der Waals surface area contributed by atoms with Gasteiger partial charge in [-0.25, -0.2) is 4.98 Å². The van der Waals surface area contributed by atoms with Crippen LogP contribution in [0.2, 0.25) is 0 Å². The number of benzene rings is 1. The van der Waals surface area contributed by atoms with Crippen LogP contribution in [0.3, 0.4) is 0 Å². The Morgan fingerprint density at radius 2 is 1.78 bits per heavy atom. The Labute approximate surface area is 156 Å². The lowest BCUT2D eigenvalue weighted by molar-refractivity contribution is -0.385. The van der Waals surface area contributed by atoms with Crippen molar-refractivity contribution in [1.29, 1.82) is 10.5 Å². The maximum atomic E-state index is 11.7. The van der Waals surface area contributed by atoms with Crippen LogP contribution in [0.25, 0.3) is 0 Å². The fourth-order valence-corrected chi connectivity index (χ4v) is 2.42. The normalized spacial score (nSPS) is 9.89. The first-order chi connectivity index (χ1) is 13.1. The second-order valence-electron chi connectivity index (χ2n) is 5.51. The van der Waals surface area contributed by atoms with Crippen molar-refractivity contribution in [1.82, 2.24) is 9.97 Å². The van der Waals surface area contributed by atoms with Crippen molar-refractivity contribution in [3.05, 3.63) is 46.3 Å². The zero-order valence-corrected chi connectivity index (χ0v) is 14.8. The van der Waals surface area contributed by atoms with Gasteiger partial charge in [-0.2, -0.15) is 15.5 Å².